The van der Waals surface area contributed by atoms with Gasteiger partial charge in [0, 0.05) is 5.33 Å². The fourth-order valence-corrected chi connectivity index (χ4v) is 9.46. The van der Waals surface area contributed by atoms with E-state index in [1.807, 2.05) is 0 Å². The van der Waals surface area contributed by atoms with E-state index in [1.165, 1.54) is 41.3 Å². The van der Waals surface area contributed by atoms with Crippen LogP contribution in [0.3, 0.4) is 0 Å². The molecule has 0 aromatic heterocycles. The minimum absolute atomic E-state index is 0. The number of benzene rings is 3. The van der Waals surface area contributed by atoms with Gasteiger partial charge < -0.3 is 17.0 Å². The van der Waals surface area contributed by atoms with Crippen molar-refractivity contribution in [3.05, 3.63) is 91.0 Å². The minimum atomic E-state index is -1.61. The lowest BCUT2D eigenvalue weighted by molar-refractivity contribution is -0.00000727. The Morgan fingerprint density at radius 1 is 0.697 bits per heavy atom. The molecule has 0 aliphatic carbocycles. The molecular formula is C30H41Br2P. The molecule has 0 N–H and O–H groups in total. The molecule has 180 valence electrons. The van der Waals surface area contributed by atoms with Crippen LogP contribution in [0.1, 0.15) is 53.9 Å². The molecule has 33 heavy (non-hydrogen) atoms. The molecule has 0 fully saturated rings. The summed E-state index contributed by atoms with van der Waals surface area (Å²) in [6, 6.07) is 33.6. The summed E-state index contributed by atoms with van der Waals surface area (Å²) in [6.07, 6.45) is 5.05. The minimum Gasteiger partial charge on any atom is -1.00 e. The van der Waals surface area contributed by atoms with Crippen LogP contribution in [-0.2, 0) is 0 Å². The van der Waals surface area contributed by atoms with Crippen LogP contribution in [0.2, 0.25) is 0 Å². The SMILES string of the molecule is CC(C)(C)CCBr.CC(C)CCC[P+](c1ccccc1)(c1ccccc1)c1ccccc1.[Br-]. The quantitative estimate of drug-likeness (QED) is 0.248. The van der Waals surface area contributed by atoms with Gasteiger partial charge in [-0.1, -0.05) is 105 Å². The maximum atomic E-state index is 3.39. The lowest BCUT2D eigenvalue weighted by Crippen LogP contribution is -3.00. The molecule has 0 aliphatic heterocycles. The topological polar surface area (TPSA) is 0 Å². The first-order valence-electron chi connectivity index (χ1n) is 11.9. The second-order valence-corrected chi connectivity index (χ2v) is 14.5. The largest absolute Gasteiger partial charge is 1.00 e. The van der Waals surface area contributed by atoms with E-state index in [2.05, 4.69) is 142 Å². The van der Waals surface area contributed by atoms with E-state index in [1.54, 1.807) is 0 Å². The molecule has 0 saturated heterocycles. The second kappa shape index (κ2) is 15.1. The first-order valence-corrected chi connectivity index (χ1v) is 15.0. The maximum absolute atomic E-state index is 3.39. The first kappa shape index (κ1) is 30.1. The molecule has 0 heterocycles. The molecular weight excluding hydrogens is 551 g/mol. The highest BCUT2D eigenvalue weighted by Crippen LogP contribution is 2.56. The summed E-state index contributed by atoms with van der Waals surface area (Å²) in [4.78, 5) is 0. The average molecular weight is 592 g/mol. The molecule has 0 unspecified atom stereocenters. The number of alkyl halides is 1. The van der Waals surface area contributed by atoms with Gasteiger partial charge in [-0.15, -0.1) is 0 Å². The van der Waals surface area contributed by atoms with Crippen molar-refractivity contribution in [2.75, 3.05) is 11.5 Å². The van der Waals surface area contributed by atoms with E-state index in [0.29, 0.717) is 5.41 Å². The summed E-state index contributed by atoms with van der Waals surface area (Å²) in [5, 5.41) is 5.61. The van der Waals surface area contributed by atoms with Gasteiger partial charge in [-0.3, -0.25) is 0 Å². The molecule has 0 aliphatic rings. The Hall–Kier alpha value is -0.950. The Bertz CT molecular complexity index is 775. The second-order valence-electron chi connectivity index (χ2n) is 10.1. The lowest BCUT2D eigenvalue weighted by atomic mass is 9.94. The standard InChI is InChI=1S/C24H28P.C6H13Br.BrH/c1-21(2)13-12-20-25(22-14-6-3-7-15-22,23-16-8-4-9-17-23)24-18-10-5-11-19-24;1-6(2,3)4-5-7;/h3-11,14-19,21H,12-13,20H2,1-2H3;4-5H2,1-3H3;1H/q+1;;/p-1. The van der Waals surface area contributed by atoms with Crippen LogP contribution < -0.4 is 32.9 Å². The fourth-order valence-electron chi connectivity index (χ4n) is 3.90. The molecule has 3 heteroatoms. The van der Waals surface area contributed by atoms with Crippen LogP contribution in [0.15, 0.2) is 91.0 Å². The van der Waals surface area contributed by atoms with Crippen molar-refractivity contribution >= 4 is 39.1 Å². The number of hydrogen-bond donors (Lipinski definition) is 0. The van der Waals surface area contributed by atoms with Gasteiger partial charge in [0.05, 0.1) is 6.16 Å². The van der Waals surface area contributed by atoms with E-state index in [-0.39, 0.29) is 17.0 Å². The van der Waals surface area contributed by atoms with Crippen molar-refractivity contribution in [3.8, 4) is 0 Å². The summed E-state index contributed by atoms with van der Waals surface area (Å²) in [7, 11) is -1.61. The highest BCUT2D eigenvalue weighted by atomic mass is 79.9. The van der Waals surface area contributed by atoms with Gasteiger partial charge in [0.2, 0.25) is 0 Å². The first-order chi connectivity index (χ1) is 15.3. The fraction of sp³-hybridized carbons (Fsp3) is 0.400. The molecule has 3 aromatic rings. The maximum Gasteiger partial charge on any atom is 0.112 e. The zero-order valence-corrected chi connectivity index (χ0v) is 25.0. The number of halogens is 2. The van der Waals surface area contributed by atoms with Gasteiger partial charge in [-0.2, -0.15) is 0 Å². The number of hydrogen-bond acceptors (Lipinski definition) is 0. The van der Waals surface area contributed by atoms with Gasteiger partial charge in [0.25, 0.3) is 0 Å². The van der Waals surface area contributed by atoms with Gasteiger partial charge >= 0.3 is 0 Å². The summed E-state index contributed by atoms with van der Waals surface area (Å²) in [5.74, 6) is 0.754. The Morgan fingerprint density at radius 3 is 1.30 bits per heavy atom. The average Bonchev–Trinajstić information content (AvgIpc) is 2.78. The summed E-state index contributed by atoms with van der Waals surface area (Å²) in [5.41, 5.74) is 0.503. The van der Waals surface area contributed by atoms with Gasteiger partial charge in [-0.05, 0) is 67.0 Å². The highest BCUT2D eigenvalue weighted by molar-refractivity contribution is 9.09. The van der Waals surface area contributed by atoms with Crippen molar-refractivity contribution < 1.29 is 17.0 Å². The van der Waals surface area contributed by atoms with Crippen LogP contribution in [0.4, 0.5) is 0 Å². The van der Waals surface area contributed by atoms with E-state index < -0.39 is 7.26 Å². The third-order valence-electron chi connectivity index (χ3n) is 5.71. The predicted molar refractivity (Wildman–Crippen MR) is 152 cm³/mol. The molecule has 3 rings (SSSR count). The molecule has 0 nitrogen and oxygen atoms in total. The Labute approximate surface area is 222 Å². The van der Waals surface area contributed by atoms with Crippen LogP contribution >= 0.6 is 23.2 Å². The van der Waals surface area contributed by atoms with Gasteiger partial charge in [0.1, 0.15) is 23.2 Å². The monoisotopic (exact) mass is 590 g/mol. The van der Waals surface area contributed by atoms with Crippen molar-refractivity contribution in [1.82, 2.24) is 0 Å². The third-order valence-corrected chi connectivity index (χ3v) is 10.6. The highest BCUT2D eigenvalue weighted by Gasteiger charge is 2.44. The third kappa shape index (κ3) is 9.67. The van der Waals surface area contributed by atoms with Crippen molar-refractivity contribution in [1.29, 1.82) is 0 Å². The van der Waals surface area contributed by atoms with E-state index >= 15 is 0 Å². The number of rotatable bonds is 8. The molecule has 0 bridgehead atoms. The molecule has 0 atom stereocenters. The van der Waals surface area contributed by atoms with Crippen LogP contribution in [-0.4, -0.2) is 11.5 Å². The van der Waals surface area contributed by atoms with Crippen LogP contribution in [0, 0.1) is 11.3 Å². The van der Waals surface area contributed by atoms with Gasteiger partial charge in [0.15, 0.2) is 0 Å². The zero-order valence-electron chi connectivity index (χ0n) is 21.0. The predicted octanol–water partition coefficient (Wildman–Crippen LogP) is 5.24. The molecule has 0 radical (unpaired) electrons. The van der Waals surface area contributed by atoms with Crippen LogP contribution in [0.25, 0.3) is 0 Å². The smallest absolute Gasteiger partial charge is 0.112 e. The Balaban J connectivity index is 0.000000595. The summed E-state index contributed by atoms with van der Waals surface area (Å²) >= 11 is 3.39. The van der Waals surface area contributed by atoms with Crippen molar-refractivity contribution in [2.24, 2.45) is 11.3 Å². The summed E-state index contributed by atoms with van der Waals surface area (Å²) < 4.78 is 0. The Kier molecular flexibility index (Phi) is 13.8. The summed E-state index contributed by atoms with van der Waals surface area (Å²) in [6.45, 7) is 11.4. The normalized spacial score (nSPS) is 11.4. The van der Waals surface area contributed by atoms with Gasteiger partial charge in [-0.25, -0.2) is 0 Å². The zero-order chi connectivity index (χ0) is 23.5. The molecule has 0 saturated carbocycles. The molecule has 0 amide bonds. The van der Waals surface area contributed by atoms with E-state index in [0.717, 1.165) is 11.2 Å². The molecule has 0 spiro atoms. The lowest BCUT2D eigenvalue weighted by Gasteiger charge is -2.28. The molecule has 3 aromatic carbocycles. The van der Waals surface area contributed by atoms with Crippen molar-refractivity contribution in [3.63, 3.8) is 0 Å². The van der Waals surface area contributed by atoms with Crippen LogP contribution in [0.5, 0.6) is 0 Å². The van der Waals surface area contributed by atoms with E-state index in [4.69, 9.17) is 0 Å². The van der Waals surface area contributed by atoms with E-state index in [9.17, 15) is 0 Å². The Morgan fingerprint density at radius 2 is 1.06 bits per heavy atom. The van der Waals surface area contributed by atoms with Crippen molar-refractivity contribution in [2.45, 2.75) is 53.9 Å².